The number of anilines is 1. The van der Waals surface area contributed by atoms with Gasteiger partial charge in [0, 0.05) is 29.6 Å². The zero-order valence-corrected chi connectivity index (χ0v) is 19.6. The van der Waals surface area contributed by atoms with Crippen LogP contribution in [-0.4, -0.2) is 43.8 Å². The van der Waals surface area contributed by atoms with Crippen molar-refractivity contribution < 1.29 is 17.9 Å². The van der Waals surface area contributed by atoms with E-state index in [-0.39, 0.29) is 10.8 Å². The van der Waals surface area contributed by atoms with Gasteiger partial charge >= 0.3 is 0 Å². The predicted octanol–water partition coefficient (Wildman–Crippen LogP) is 4.49. The van der Waals surface area contributed by atoms with Gasteiger partial charge in [0.2, 0.25) is 10.0 Å². The van der Waals surface area contributed by atoms with Gasteiger partial charge in [0.25, 0.3) is 5.91 Å². The first-order valence-electron chi connectivity index (χ1n) is 10.4. The topological polar surface area (TPSA) is 88.6 Å². The minimum Gasteiger partial charge on any atom is -0.497 e. The maximum Gasteiger partial charge on any atom is 0.257 e. The normalized spacial score (nSPS) is 17.1. The molecular weight excluding hydrogens is 446 g/mol. The second kappa shape index (κ2) is 9.40. The summed E-state index contributed by atoms with van der Waals surface area (Å²) in [6.07, 6.45) is 1.91. The second-order valence-corrected chi connectivity index (χ2v) is 10.7. The number of thiazole rings is 1. The predicted molar refractivity (Wildman–Crippen MR) is 126 cm³/mol. The van der Waals surface area contributed by atoms with E-state index < -0.39 is 10.0 Å². The minimum absolute atomic E-state index is 0.208. The number of nitrogens with zero attached hydrogens (tertiary/aromatic N) is 2. The van der Waals surface area contributed by atoms with Crippen LogP contribution in [0.2, 0.25) is 0 Å². The average Bonchev–Trinajstić information content (AvgIpc) is 3.27. The molecule has 9 heteroatoms. The van der Waals surface area contributed by atoms with Crippen LogP contribution in [-0.2, 0) is 10.0 Å². The van der Waals surface area contributed by atoms with Gasteiger partial charge in [-0.2, -0.15) is 4.31 Å². The number of hydrogen-bond acceptors (Lipinski definition) is 6. The van der Waals surface area contributed by atoms with Crippen molar-refractivity contribution in [1.29, 1.82) is 0 Å². The number of methoxy groups -OCH3 is 1. The molecule has 0 radical (unpaired) electrons. The number of hydrogen-bond donors (Lipinski definition) is 1. The fourth-order valence-electron chi connectivity index (χ4n) is 3.69. The summed E-state index contributed by atoms with van der Waals surface area (Å²) in [5, 5.41) is 5.12. The molecule has 2 heterocycles. The third-order valence-corrected chi connectivity index (χ3v) is 8.12. The van der Waals surface area contributed by atoms with E-state index >= 15 is 0 Å². The van der Waals surface area contributed by atoms with Gasteiger partial charge in [-0.25, -0.2) is 13.4 Å². The van der Waals surface area contributed by atoms with E-state index in [9.17, 15) is 13.2 Å². The molecule has 32 heavy (non-hydrogen) atoms. The highest BCUT2D eigenvalue weighted by molar-refractivity contribution is 7.89. The van der Waals surface area contributed by atoms with Crippen molar-refractivity contribution in [3.05, 3.63) is 59.5 Å². The summed E-state index contributed by atoms with van der Waals surface area (Å²) in [6, 6.07) is 13.6. The first-order chi connectivity index (χ1) is 15.4. The summed E-state index contributed by atoms with van der Waals surface area (Å²) in [7, 11) is -1.93. The van der Waals surface area contributed by atoms with Gasteiger partial charge in [-0.3, -0.25) is 10.1 Å². The maximum atomic E-state index is 12.9. The number of rotatable bonds is 6. The Hall–Kier alpha value is -2.75. The Balaban J connectivity index is 1.43. The second-order valence-electron chi connectivity index (χ2n) is 7.86. The fraction of sp³-hybridized carbons (Fsp3) is 0.304. The number of benzene rings is 2. The maximum absolute atomic E-state index is 12.9. The van der Waals surface area contributed by atoms with Gasteiger partial charge < -0.3 is 4.74 Å². The van der Waals surface area contributed by atoms with E-state index in [0.29, 0.717) is 29.7 Å². The molecule has 1 atom stereocenters. The van der Waals surface area contributed by atoms with E-state index in [1.807, 2.05) is 29.6 Å². The lowest BCUT2D eigenvalue weighted by Gasteiger charge is -2.30. The Labute approximate surface area is 192 Å². The Morgan fingerprint density at radius 2 is 1.88 bits per heavy atom. The van der Waals surface area contributed by atoms with Crippen molar-refractivity contribution >= 4 is 32.4 Å². The van der Waals surface area contributed by atoms with E-state index in [4.69, 9.17) is 4.74 Å². The summed E-state index contributed by atoms with van der Waals surface area (Å²) in [4.78, 5) is 17.3. The van der Waals surface area contributed by atoms with Crippen LogP contribution >= 0.6 is 11.3 Å². The standard InChI is InChI=1S/C23H25N3O4S2/c1-16-4-3-13-26(14-16)32(28,29)20-11-7-18(8-12-20)22(27)25-23-24-21(15-31-23)17-5-9-19(30-2)10-6-17/h5-12,15-16H,3-4,13-14H2,1-2H3,(H,24,25,27)/t16-/m1/s1. The van der Waals surface area contributed by atoms with Gasteiger partial charge in [-0.1, -0.05) is 6.92 Å². The molecule has 1 aromatic heterocycles. The summed E-state index contributed by atoms with van der Waals surface area (Å²) in [6.45, 7) is 3.13. The lowest BCUT2D eigenvalue weighted by atomic mass is 10.0. The monoisotopic (exact) mass is 471 g/mol. The quantitative estimate of drug-likeness (QED) is 0.572. The molecule has 1 aliphatic rings. The highest BCUT2D eigenvalue weighted by Crippen LogP contribution is 2.27. The van der Waals surface area contributed by atoms with Crippen LogP contribution in [0.15, 0.2) is 58.8 Å². The molecule has 1 N–H and O–H groups in total. The van der Waals surface area contributed by atoms with Crippen LogP contribution in [0, 0.1) is 5.92 Å². The number of carbonyl (C=O) groups is 1. The lowest BCUT2D eigenvalue weighted by Crippen LogP contribution is -2.39. The van der Waals surface area contributed by atoms with Gasteiger partial charge in [0.05, 0.1) is 17.7 Å². The van der Waals surface area contributed by atoms with E-state index in [1.54, 1.807) is 7.11 Å². The molecule has 0 saturated carbocycles. The highest BCUT2D eigenvalue weighted by Gasteiger charge is 2.28. The highest BCUT2D eigenvalue weighted by atomic mass is 32.2. The zero-order valence-electron chi connectivity index (χ0n) is 17.9. The molecular formula is C23H25N3O4S2. The van der Waals surface area contributed by atoms with Crippen molar-refractivity contribution in [2.75, 3.05) is 25.5 Å². The van der Waals surface area contributed by atoms with Crippen LogP contribution in [0.25, 0.3) is 11.3 Å². The zero-order chi connectivity index (χ0) is 22.7. The van der Waals surface area contributed by atoms with Crippen molar-refractivity contribution in [3.8, 4) is 17.0 Å². The molecule has 1 aliphatic heterocycles. The SMILES string of the molecule is COc1ccc(-c2csc(NC(=O)c3ccc(S(=O)(=O)N4CCC[C@@H](C)C4)cc3)n2)cc1. The molecule has 7 nitrogen and oxygen atoms in total. The first kappa shape index (κ1) is 22.4. The molecule has 1 saturated heterocycles. The molecule has 0 spiro atoms. The van der Waals surface area contributed by atoms with Crippen LogP contribution in [0.1, 0.15) is 30.1 Å². The van der Waals surface area contributed by atoms with Gasteiger partial charge in [-0.15, -0.1) is 11.3 Å². The van der Waals surface area contributed by atoms with E-state index in [0.717, 1.165) is 29.8 Å². The molecule has 0 unspecified atom stereocenters. The van der Waals surface area contributed by atoms with E-state index in [1.165, 1.54) is 39.9 Å². The molecule has 1 fully saturated rings. The van der Waals surface area contributed by atoms with Crippen molar-refractivity contribution in [1.82, 2.24) is 9.29 Å². The van der Waals surface area contributed by atoms with Crippen molar-refractivity contribution in [2.45, 2.75) is 24.7 Å². The Kier molecular flexibility index (Phi) is 6.59. The van der Waals surface area contributed by atoms with E-state index in [2.05, 4.69) is 17.2 Å². The molecule has 3 aromatic rings. The third kappa shape index (κ3) is 4.85. The fourth-order valence-corrected chi connectivity index (χ4v) is 6.00. The number of carbonyl (C=O) groups excluding carboxylic acids is 1. The summed E-state index contributed by atoms with van der Waals surface area (Å²) < 4.78 is 32.5. The lowest BCUT2D eigenvalue weighted by molar-refractivity contribution is 0.102. The van der Waals surface area contributed by atoms with Crippen molar-refractivity contribution in [2.24, 2.45) is 5.92 Å². The number of aromatic nitrogens is 1. The van der Waals surface area contributed by atoms with Crippen molar-refractivity contribution in [3.63, 3.8) is 0 Å². The van der Waals surface area contributed by atoms with Gasteiger partial charge in [0.15, 0.2) is 5.13 Å². The third-order valence-electron chi connectivity index (χ3n) is 5.48. The smallest absolute Gasteiger partial charge is 0.257 e. The molecule has 0 bridgehead atoms. The number of ether oxygens (including phenoxy) is 1. The summed E-state index contributed by atoms with van der Waals surface area (Å²) >= 11 is 1.33. The van der Waals surface area contributed by atoms with Crippen LogP contribution in [0.3, 0.4) is 0 Å². The number of sulfonamides is 1. The molecule has 168 valence electrons. The summed E-state index contributed by atoms with van der Waals surface area (Å²) in [5.74, 6) is 0.776. The average molecular weight is 472 g/mol. The minimum atomic E-state index is -3.55. The molecule has 4 rings (SSSR count). The first-order valence-corrected chi connectivity index (χ1v) is 12.7. The molecule has 0 aliphatic carbocycles. The Bertz CT molecular complexity index is 1190. The Morgan fingerprint density at radius 1 is 1.16 bits per heavy atom. The number of amides is 1. The molecule has 1 amide bonds. The molecule has 2 aromatic carbocycles. The van der Waals surface area contributed by atoms with Crippen LogP contribution < -0.4 is 10.1 Å². The number of piperidine rings is 1. The Morgan fingerprint density at radius 3 is 2.53 bits per heavy atom. The summed E-state index contributed by atoms with van der Waals surface area (Å²) in [5.41, 5.74) is 2.05. The van der Waals surface area contributed by atoms with Crippen LogP contribution in [0.5, 0.6) is 5.75 Å². The van der Waals surface area contributed by atoms with Gasteiger partial charge in [-0.05, 0) is 67.3 Å². The number of nitrogens with one attached hydrogen (secondary N) is 1. The van der Waals surface area contributed by atoms with Gasteiger partial charge in [0.1, 0.15) is 5.75 Å². The largest absolute Gasteiger partial charge is 0.497 e. The van der Waals surface area contributed by atoms with Crippen LogP contribution in [0.4, 0.5) is 5.13 Å².